The number of anilines is 2. The first-order valence-corrected chi connectivity index (χ1v) is 6.65. The minimum atomic E-state index is -0.581. The van der Waals surface area contributed by atoms with Crippen molar-refractivity contribution in [3.63, 3.8) is 0 Å². The van der Waals surface area contributed by atoms with Crippen molar-refractivity contribution >= 4 is 52.4 Å². The van der Waals surface area contributed by atoms with Crippen molar-refractivity contribution in [2.45, 2.75) is 0 Å². The van der Waals surface area contributed by atoms with Gasteiger partial charge in [-0.3, -0.25) is 14.5 Å². The number of halogens is 2. The van der Waals surface area contributed by atoms with Gasteiger partial charge in [0.25, 0.3) is 5.91 Å². The number of carbonyl (C=O) groups excluding carboxylic acids is 3. The van der Waals surface area contributed by atoms with Gasteiger partial charge in [-0.15, -0.1) is 0 Å². The van der Waals surface area contributed by atoms with Gasteiger partial charge in [0.15, 0.2) is 0 Å². The first kappa shape index (κ1) is 15.4. The molecular weight excluding hydrogens is 319 g/mol. The van der Waals surface area contributed by atoms with Crippen LogP contribution in [0.3, 0.4) is 0 Å². The molecule has 4 amide bonds. The molecule has 9 heteroatoms. The zero-order valence-corrected chi connectivity index (χ0v) is 12.5. The molecule has 0 aliphatic carbocycles. The number of imide groups is 1. The molecule has 0 unspecified atom stereocenters. The fourth-order valence-electron chi connectivity index (χ4n) is 1.87. The molecule has 1 aliphatic rings. The third-order valence-electron chi connectivity index (χ3n) is 2.88. The van der Waals surface area contributed by atoms with E-state index in [0.29, 0.717) is 5.02 Å². The number of carbonyl (C=O) groups is 3. The lowest BCUT2D eigenvalue weighted by Gasteiger charge is -2.15. The van der Waals surface area contributed by atoms with Gasteiger partial charge < -0.3 is 16.0 Å². The Bertz CT molecular complexity index is 612. The highest BCUT2D eigenvalue weighted by Gasteiger charge is 2.34. The van der Waals surface area contributed by atoms with E-state index in [0.717, 1.165) is 4.90 Å². The van der Waals surface area contributed by atoms with Gasteiger partial charge in [-0.25, -0.2) is 4.79 Å². The number of urea groups is 1. The van der Waals surface area contributed by atoms with Crippen LogP contribution in [-0.2, 0) is 9.59 Å². The number of hydrogen-bond donors (Lipinski definition) is 2. The van der Waals surface area contributed by atoms with Crippen molar-refractivity contribution in [2.24, 2.45) is 0 Å². The lowest BCUT2D eigenvalue weighted by Crippen LogP contribution is -2.38. The SMILES string of the molecule is CN1CC(=O)N(CC(=O)Nc2c(N)cc(Cl)cc2Cl)C1=O. The normalized spacial score (nSPS) is 14.8. The number of likely N-dealkylation sites (N-methyl/N-ethyl adjacent to an activating group) is 1. The molecule has 0 saturated carbocycles. The second-order valence-electron chi connectivity index (χ2n) is 4.52. The van der Waals surface area contributed by atoms with Gasteiger partial charge in [0.05, 0.1) is 16.4 Å². The van der Waals surface area contributed by atoms with E-state index in [4.69, 9.17) is 28.9 Å². The highest BCUT2D eigenvalue weighted by Crippen LogP contribution is 2.32. The summed E-state index contributed by atoms with van der Waals surface area (Å²) in [5, 5.41) is 2.98. The largest absolute Gasteiger partial charge is 0.397 e. The molecule has 3 N–H and O–H groups in total. The fourth-order valence-corrected chi connectivity index (χ4v) is 2.43. The third-order valence-corrected chi connectivity index (χ3v) is 3.40. The van der Waals surface area contributed by atoms with Crippen molar-refractivity contribution in [1.29, 1.82) is 0 Å². The van der Waals surface area contributed by atoms with Gasteiger partial charge in [-0.1, -0.05) is 23.2 Å². The zero-order chi connectivity index (χ0) is 15.7. The van der Waals surface area contributed by atoms with Crippen LogP contribution in [0.25, 0.3) is 0 Å². The maximum Gasteiger partial charge on any atom is 0.327 e. The van der Waals surface area contributed by atoms with Crippen molar-refractivity contribution in [2.75, 3.05) is 31.2 Å². The molecule has 2 rings (SSSR count). The molecule has 0 spiro atoms. The molecule has 0 atom stereocenters. The molecule has 0 aromatic heterocycles. The van der Waals surface area contributed by atoms with Crippen LogP contribution >= 0.6 is 23.2 Å². The standard InChI is InChI=1S/C12H12Cl2N4O3/c1-17-5-10(20)18(12(17)21)4-9(19)16-11-7(14)2-6(13)3-8(11)15/h2-3H,4-5,15H2,1H3,(H,16,19). The summed E-state index contributed by atoms with van der Waals surface area (Å²) < 4.78 is 0. The first-order valence-electron chi connectivity index (χ1n) is 5.89. The number of nitrogens with one attached hydrogen (secondary N) is 1. The van der Waals surface area contributed by atoms with E-state index >= 15 is 0 Å². The molecule has 1 aromatic rings. The second kappa shape index (κ2) is 5.79. The molecular formula is C12H12Cl2N4O3. The molecule has 112 valence electrons. The summed E-state index contributed by atoms with van der Waals surface area (Å²) in [7, 11) is 1.48. The molecule has 1 heterocycles. The summed E-state index contributed by atoms with van der Waals surface area (Å²) in [5.41, 5.74) is 6.10. The Kier molecular flexibility index (Phi) is 4.24. The van der Waals surface area contributed by atoms with Crippen LogP contribution < -0.4 is 11.1 Å². The van der Waals surface area contributed by atoms with Gasteiger partial charge >= 0.3 is 6.03 Å². The summed E-state index contributed by atoms with van der Waals surface area (Å²) in [6.07, 6.45) is 0. The minimum Gasteiger partial charge on any atom is -0.397 e. The van der Waals surface area contributed by atoms with Crippen LogP contribution in [0.4, 0.5) is 16.2 Å². The van der Waals surface area contributed by atoms with Crippen molar-refractivity contribution < 1.29 is 14.4 Å². The average Bonchev–Trinajstić information content (AvgIpc) is 2.60. The van der Waals surface area contributed by atoms with Gasteiger partial charge in [-0.2, -0.15) is 0 Å². The monoisotopic (exact) mass is 330 g/mol. The predicted molar refractivity (Wildman–Crippen MR) is 79.2 cm³/mol. The molecule has 0 bridgehead atoms. The number of nitrogens with two attached hydrogens (primary N) is 1. The summed E-state index contributed by atoms with van der Waals surface area (Å²) in [6.45, 7) is -0.448. The predicted octanol–water partition coefficient (Wildman–Crippen LogP) is 1.41. The maximum absolute atomic E-state index is 11.9. The topological polar surface area (TPSA) is 95.7 Å². The highest BCUT2D eigenvalue weighted by molar-refractivity contribution is 6.37. The minimum absolute atomic E-state index is 0.0457. The Balaban J connectivity index is 2.10. The van der Waals surface area contributed by atoms with E-state index in [-0.39, 0.29) is 22.9 Å². The lowest BCUT2D eigenvalue weighted by atomic mass is 10.2. The van der Waals surface area contributed by atoms with Crippen LogP contribution in [0.2, 0.25) is 10.0 Å². The summed E-state index contributed by atoms with van der Waals surface area (Å²) in [4.78, 5) is 37.3. The third kappa shape index (κ3) is 3.20. The maximum atomic E-state index is 11.9. The van der Waals surface area contributed by atoms with Gasteiger partial charge in [0.2, 0.25) is 5.91 Å². The molecule has 1 saturated heterocycles. The second-order valence-corrected chi connectivity index (χ2v) is 5.36. The Labute approximate surface area is 130 Å². The van der Waals surface area contributed by atoms with E-state index < -0.39 is 24.4 Å². The summed E-state index contributed by atoms with van der Waals surface area (Å²) >= 11 is 11.7. The van der Waals surface area contributed by atoms with Crippen molar-refractivity contribution in [3.05, 3.63) is 22.2 Å². The smallest absolute Gasteiger partial charge is 0.327 e. The van der Waals surface area contributed by atoms with Crippen molar-refractivity contribution in [1.82, 2.24) is 9.80 Å². The molecule has 21 heavy (non-hydrogen) atoms. The number of benzene rings is 1. The average molecular weight is 331 g/mol. The van der Waals surface area contributed by atoms with E-state index in [1.807, 2.05) is 0 Å². The summed E-state index contributed by atoms with van der Waals surface area (Å²) in [6, 6.07) is 2.34. The molecule has 1 fully saturated rings. The van der Waals surface area contributed by atoms with Crippen LogP contribution in [-0.4, -0.2) is 47.8 Å². The van der Waals surface area contributed by atoms with E-state index in [9.17, 15) is 14.4 Å². The quantitative estimate of drug-likeness (QED) is 0.646. The lowest BCUT2D eigenvalue weighted by molar-refractivity contribution is -0.129. The zero-order valence-electron chi connectivity index (χ0n) is 11.0. The first-order chi connectivity index (χ1) is 9.79. The van der Waals surface area contributed by atoms with Crippen molar-refractivity contribution in [3.8, 4) is 0 Å². The Hall–Kier alpha value is -1.99. The van der Waals surface area contributed by atoms with E-state index in [1.54, 1.807) is 0 Å². The van der Waals surface area contributed by atoms with Crippen LogP contribution in [0.1, 0.15) is 0 Å². The van der Waals surface area contributed by atoms with Crippen LogP contribution in [0.15, 0.2) is 12.1 Å². The van der Waals surface area contributed by atoms with E-state index in [2.05, 4.69) is 5.32 Å². The highest BCUT2D eigenvalue weighted by atomic mass is 35.5. The molecule has 7 nitrogen and oxygen atoms in total. The number of amides is 4. The van der Waals surface area contributed by atoms with Gasteiger partial charge in [0, 0.05) is 12.1 Å². The molecule has 1 aliphatic heterocycles. The number of nitrogens with zero attached hydrogens (tertiary/aromatic N) is 2. The number of rotatable bonds is 3. The number of hydrogen-bond acceptors (Lipinski definition) is 4. The van der Waals surface area contributed by atoms with Gasteiger partial charge in [0.1, 0.15) is 13.1 Å². The Morgan fingerprint density at radius 2 is 2.05 bits per heavy atom. The van der Waals surface area contributed by atoms with Gasteiger partial charge in [-0.05, 0) is 12.1 Å². The van der Waals surface area contributed by atoms with E-state index in [1.165, 1.54) is 24.1 Å². The van der Waals surface area contributed by atoms with Crippen LogP contribution in [0, 0.1) is 0 Å². The number of nitrogen functional groups attached to an aromatic ring is 1. The summed E-state index contributed by atoms with van der Waals surface area (Å²) in [5.74, 6) is -1.02. The fraction of sp³-hybridized carbons (Fsp3) is 0.250. The Morgan fingerprint density at radius 3 is 2.57 bits per heavy atom. The van der Waals surface area contributed by atoms with Crippen LogP contribution in [0.5, 0.6) is 0 Å². The molecule has 1 aromatic carbocycles. The Morgan fingerprint density at radius 1 is 1.38 bits per heavy atom. The molecule has 0 radical (unpaired) electrons.